The van der Waals surface area contributed by atoms with Crippen molar-refractivity contribution < 1.29 is 4.79 Å². The summed E-state index contributed by atoms with van der Waals surface area (Å²) in [5.41, 5.74) is 1.51. The van der Waals surface area contributed by atoms with Gasteiger partial charge in [-0.2, -0.15) is 5.10 Å². The molecule has 17 heavy (non-hydrogen) atoms. The molecule has 1 aliphatic rings. The van der Waals surface area contributed by atoms with E-state index in [0.717, 1.165) is 23.7 Å². The van der Waals surface area contributed by atoms with Gasteiger partial charge in [-0.05, 0) is 18.9 Å². The first kappa shape index (κ1) is 10.3. The van der Waals surface area contributed by atoms with Crippen molar-refractivity contribution in [2.45, 2.75) is 31.7 Å². The molecule has 0 atom stereocenters. The summed E-state index contributed by atoms with van der Waals surface area (Å²) in [6.45, 7) is 0. The van der Waals surface area contributed by atoms with Crippen LogP contribution in [0.25, 0.3) is 10.9 Å². The molecule has 2 aromatic rings. The minimum Gasteiger partial charge on any atom is -0.349 e. The molecule has 1 fully saturated rings. The van der Waals surface area contributed by atoms with Crippen LogP contribution in [-0.2, 0) is 0 Å². The Morgan fingerprint density at radius 3 is 3.00 bits per heavy atom. The van der Waals surface area contributed by atoms with Gasteiger partial charge in [0.1, 0.15) is 0 Å². The Morgan fingerprint density at radius 2 is 2.18 bits per heavy atom. The Hall–Kier alpha value is -1.84. The molecule has 88 valence electrons. The minimum absolute atomic E-state index is 0.00625. The van der Waals surface area contributed by atoms with Crippen LogP contribution in [0.5, 0.6) is 0 Å². The highest BCUT2D eigenvalue weighted by atomic mass is 16.1. The lowest BCUT2D eigenvalue weighted by Gasteiger charge is -2.12. The summed E-state index contributed by atoms with van der Waals surface area (Å²) in [6, 6.07) is 6.03. The van der Waals surface area contributed by atoms with Gasteiger partial charge in [-0.1, -0.05) is 25.0 Å². The lowest BCUT2D eigenvalue weighted by Crippen LogP contribution is -2.32. The van der Waals surface area contributed by atoms with Gasteiger partial charge >= 0.3 is 0 Å². The van der Waals surface area contributed by atoms with Crippen molar-refractivity contribution >= 4 is 16.8 Å². The van der Waals surface area contributed by atoms with Gasteiger partial charge in [0.2, 0.25) is 0 Å². The van der Waals surface area contributed by atoms with Crippen molar-refractivity contribution in [1.29, 1.82) is 0 Å². The van der Waals surface area contributed by atoms with Crippen LogP contribution >= 0.6 is 0 Å². The largest absolute Gasteiger partial charge is 0.349 e. The van der Waals surface area contributed by atoms with E-state index in [-0.39, 0.29) is 5.91 Å². The maximum atomic E-state index is 12.2. The van der Waals surface area contributed by atoms with Crippen molar-refractivity contribution in [2.24, 2.45) is 0 Å². The zero-order chi connectivity index (χ0) is 11.7. The van der Waals surface area contributed by atoms with E-state index in [1.807, 2.05) is 18.2 Å². The molecular formula is C13H15N3O. The van der Waals surface area contributed by atoms with Crippen LogP contribution in [-0.4, -0.2) is 22.1 Å². The number of fused-ring (bicyclic) bond motifs is 1. The Bertz CT molecular complexity index is 540. The maximum Gasteiger partial charge on any atom is 0.253 e. The van der Waals surface area contributed by atoms with Crippen LogP contribution in [0, 0.1) is 0 Å². The smallest absolute Gasteiger partial charge is 0.253 e. The number of hydrogen-bond donors (Lipinski definition) is 2. The molecule has 1 aliphatic carbocycles. The van der Waals surface area contributed by atoms with Gasteiger partial charge in [0.05, 0.1) is 17.3 Å². The first-order valence-corrected chi connectivity index (χ1v) is 6.07. The second kappa shape index (κ2) is 4.20. The van der Waals surface area contributed by atoms with E-state index in [9.17, 15) is 4.79 Å². The highest BCUT2D eigenvalue weighted by Gasteiger charge is 2.19. The third-order valence-corrected chi connectivity index (χ3v) is 3.41. The van der Waals surface area contributed by atoms with E-state index in [1.54, 1.807) is 6.20 Å². The average molecular weight is 229 g/mol. The zero-order valence-electron chi connectivity index (χ0n) is 9.57. The first-order valence-electron chi connectivity index (χ1n) is 6.07. The Balaban J connectivity index is 1.87. The molecule has 0 bridgehead atoms. The van der Waals surface area contributed by atoms with Gasteiger partial charge in [0.15, 0.2) is 0 Å². The number of amides is 1. The molecule has 1 heterocycles. The van der Waals surface area contributed by atoms with Gasteiger partial charge in [-0.15, -0.1) is 0 Å². The predicted molar refractivity (Wildman–Crippen MR) is 65.8 cm³/mol. The summed E-state index contributed by atoms with van der Waals surface area (Å²) in [5, 5.41) is 10.9. The number of hydrogen-bond acceptors (Lipinski definition) is 2. The fraction of sp³-hybridized carbons (Fsp3) is 0.385. The molecule has 0 radical (unpaired) electrons. The second-order valence-corrected chi connectivity index (χ2v) is 4.59. The fourth-order valence-electron chi connectivity index (χ4n) is 2.49. The van der Waals surface area contributed by atoms with Crippen molar-refractivity contribution in [3.63, 3.8) is 0 Å². The van der Waals surface area contributed by atoms with Gasteiger partial charge < -0.3 is 5.32 Å². The monoisotopic (exact) mass is 229 g/mol. The van der Waals surface area contributed by atoms with Crippen LogP contribution < -0.4 is 5.32 Å². The van der Waals surface area contributed by atoms with Crippen LogP contribution in [0.1, 0.15) is 36.0 Å². The number of benzene rings is 1. The molecule has 3 rings (SSSR count). The van der Waals surface area contributed by atoms with Crippen molar-refractivity contribution in [1.82, 2.24) is 15.5 Å². The number of aromatic amines is 1. The molecule has 4 nitrogen and oxygen atoms in total. The van der Waals surface area contributed by atoms with E-state index in [1.165, 1.54) is 12.8 Å². The number of carbonyl (C=O) groups is 1. The number of nitrogens with zero attached hydrogens (tertiary/aromatic N) is 1. The van der Waals surface area contributed by atoms with Gasteiger partial charge in [-0.25, -0.2) is 0 Å². The lowest BCUT2D eigenvalue weighted by molar-refractivity contribution is 0.0939. The summed E-state index contributed by atoms with van der Waals surface area (Å²) in [6.07, 6.45) is 6.38. The molecule has 1 amide bonds. The Morgan fingerprint density at radius 1 is 1.35 bits per heavy atom. The highest BCUT2D eigenvalue weighted by molar-refractivity contribution is 6.05. The third-order valence-electron chi connectivity index (χ3n) is 3.41. The quantitative estimate of drug-likeness (QED) is 0.829. The third kappa shape index (κ3) is 1.90. The fourth-order valence-corrected chi connectivity index (χ4v) is 2.49. The number of H-pyrrole nitrogens is 1. The van der Waals surface area contributed by atoms with E-state index in [4.69, 9.17) is 0 Å². The van der Waals surface area contributed by atoms with E-state index >= 15 is 0 Å². The zero-order valence-corrected chi connectivity index (χ0v) is 9.57. The maximum absolute atomic E-state index is 12.2. The van der Waals surface area contributed by atoms with Crippen LogP contribution in [0.2, 0.25) is 0 Å². The van der Waals surface area contributed by atoms with E-state index in [0.29, 0.717) is 11.6 Å². The molecule has 1 aromatic heterocycles. The van der Waals surface area contributed by atoms with Gasteiger partial charge in [0.25, 0.3) is 5.91 Å². The summed E-state index contributed by atoms with van der Waals surface area (Å²) < 4.78 is 0. The van der Waals surface area contributed by atoms with Crippen LogP contribution in [0.4, 0.5) is 0 Å². The molecule has 0 aliphatic heterocycles. The molecule has 0 saturated heterocycles. The molecule has 0 unspecified atom stereocenters. The minimum atomic E-state index is 0.00625. The van der Waals surface area contributed by atoms with Crippen LogP contribution in [0.15, 0.2) is 24.4 Å². The number of nitrogens with one attached hydrogen (secondary N) is 2. The number of rotatable bonds is 2. The predicted octanol–water partition coefficient (Wildman–Crippen LogP) is 2.24. The molecule has 2 N–H and O–H groups in total. The average Bonchev–Trinajstić information content (AvgIpc) is 2.97. The van der Waals surface area contributed by atoms with E-state index in [2.05, 4.69) is 15.5 Å². The van der Waals surface area contributed by atoms with Gasteiger partial charge in [-0.3, -0.25) is 9.89 Å². The number of carbonyl (C=O) groups excluding carboxylic acids is 1. The molecular weight excluding hydrogens is 214 g/mol. The van der Waals surface area contributed by atoms with Gasteiger partial charge in [0, 0.05) is 11.4 Å². The summed E-state index contributed by atoms with van der Waals surface area (Å²) in [5.74, 6) is 0.00625. The second-order valence-electron chi connectivity index (χ2n) is 4.59. The summed E-state index contributed by atoms with van der Waals surface area (Å²) in [4.78, 5) is 12.2. The van der Waals surface area contributed by atoms with Crippen molar-refractivity contribution in [2.75, 3.05) is 0 Å². The topological polar surface area (TPSA) is 57.8 Å². The van der Waals surface area contributed by atoms with E-state index < -0.39 is 0 Å². The first-order chi connectivity index (χ1) is 8.34. The Kier molecular flexibility index (Phi) is 2.55. The van der Waals surface area contributed by atoms with Crippen molar-refractivity contribution in [3.05, 3.63) is 30.0 Å². The summed E-state index contributed by atoms with van der Waals surface area (Å²) in [7, 11) is 0. The number of para-hydroxylation sites is 1. The molecule has 0 spiro atoms. The summed E-state index contributed by atoms with van der Waals surface area (Å²) >= 11 is 0. The number of aromatic nitrogens is 2. The molecule has 1 saturated carbocycles. The molecule has 4 heteroatoms. The van der Waals surface area contributed by atoms with Crippen LogP contribution in [0.3, 0.4) is 0 Å². The SMILES string of the molecule is O=C(NC1CCCC1)c1cccc2cn[nH]c12. The highest BCUT2D eigenvalue weighted by Crippen LogP contribution is 2.20. The molecule has 1 aromatic carbocycles. The normalized spacial score (nSPS) is 16.5. The standard InChI is InChI=1S/C13H15N3O/c17-13(15-10-5-1-2-6-10)11-7-3-4-9-8-14-16-12(9)11/h3-4,7-8,10H,1-2,5-6H2,(H,14,16)(H,15,17). The van der Waals surface area contributed by atoms with Crippen molar-refractivity contribution in [3.8, 4) is 0 Å². The Labute approximate surface area is 99.4 Å². The lowest BCUT2D eigenvalue weighted by atomic mass is 10.1.